The number of benzene rings is 3. The van der Waals surface area contributed by atoms with Crippen LogP contribution in [0.4, 0.5) is 0 Å². The van der Waals surface area contributed by atoms with Crippen molar-refractivity contribution in [3.63, 3.8) is 0 Å². The maximum absolute atomic E-state index is 10.4. The first-order valence-corrected chi connectivity index (χ1v) is 7.72. The maximum atomic E-state index is 10.4. The van der Waals surface area contributed by atoms with E-state index >= 15 is 0 Å². The van der Waals surface area contributed by atoms with Crippen molar-refractivity contribution in [1.29, 1.82) is 0 Å². The quantitative estimate of drug-likeness (QED) is 0.744. The number of hydrogen-bond acceptors (Lipinski definition) is 2. The van der Waals surface area contributed by atoms with Gasteiger partial charge in [0.1, 0.15) is 5.75 Å². The van der Waals surface area contributed by atoms with Crippen LogP contribution in [-0.4, -0.2) is 12.2 Å². The molecule has 0 aliphatic heterocycles. The largest absolute Gasteiger partial charge is 0.497 e. The molecular formula is C21H20O2. The summed E-state index contributed by atoms with van der Waals surface area (Å²) in [4.78, 5) is 0. The summed E-state index contributed by atoms with van der Waals surface area (Å²) in [6.07, 6.45) is 0.144. The van der Waals surface area contributed by atoms with Crippen LogP contribution in [0.3, 0.4) is 0 Å². The minimum atomic E-state index is -0.484. The summed E-state index contributed by atoms with van der Waals surface area (Å²) in [6.45, 7) is 0. The van der Waals surface area contributed by atoms with Gasteiger partial charge in [0, 0.05) is 6.42 Å². The Morgan fingerprint density at radius 1 is 0.783 bits per heavy atom. The molecule has 0 amide bonds. The van der Waals surface area contributed by atoms with Crippen LogP contribution in [0.2, 0.25) is 0 Å². The molecule has 0 bridgehead atoms. The molecule has 0 aromatic heterocycles. The van der Waals surface area contributed by atoms with Gasteiger partial charge in [-0.15, -0.1) is 0 Å². The Bertz CT molecular complexity index is 731. The zero-order valence-electron chi connectivity index (χ0n) is 13.1. The summed E-state index contributed by atoms with van der Waals surface area (Å²) >= 11 is 0. The lowest BCUT2D eigenvalue weighted by Crippen LogP contribution is -2.01. The molecule has 3 aromatic carbocycles. The lowest BCUT2D eigenvalue weighted by atomic mass is 9.98. The second-order valence-electron chi connectivity index (χ2n) is 5.56. The van der Waals surface area contributed by atoms with Gasteiger partial charge in [0.05, 0.1) is 13.2 Å². The van der Waals surface area contributed by atoms with E-state index in [0.717, 1.165) is 28.0 Å². The lowest BCUT2D eigenvalue weighted by molar-refractivity contribution is 0.178. The number of aliphatic hydroxyl groups is 1. The second-order valence-corrected chi connectivity index (χ2v) is 5.56. The van der Waals surface area contributed by atoms with Crippen LogP contribution >= 0.6 is 0 Å². The van der Waals surface area contributed by atoms with E-state index in [-0.39, 0.29) is 0 Å². The molecule has 0 saturated heterocycles. The summed E-state index contributed by atoms with van der Waals surface area (Å²) in [5, 5.41) is 10.4. The fourth-order valence-corrected chi connectivity index (χ4v) is 2.64. The van der Waals surface area contributed by atoms with Gasteiger partial charge in [-0.25, -0.2) is 0 Å². The van der Waals surface area contributed by atoms with Gasteiger partial charge >= 0.3 is 0 Å². The molecule has 2 heteroatoms. The highest BCUT2D eigenvalue weighted by Crippen LogP contribution is 2.25. The minimum absolute atomic E-state index is 0.484. The summed E-state index contributed by atoms with van der Waals surface area (Å²) in [6, 6.07) is 26.1. The van der Waals surface area contributed by atoms with Crippen molar-refractivity contribution >= 4 is 0 Å². The summed E-state index contributed by atoms with van der Waals surface area (Å²) in [5.41, 5.74) is 4.34. The molecule has 1 atom stereocenters. The highest BCUT2D eigenvalue weighted by atomic mass is 16.5. The fraction of sp³-hybridized carbons (Fsp3) is 0.143. The zero-order chi connectivity index (χ0) is 16.1. The average molecular weight is 304 g/mol. The normalized spacial score (nSPS) is 11.9. The van der Waals surface area contributed by atoms with Gasteiger partial charge in [-0.3, -0.25) is 0 Å². The second kappa shape index (κ2) is 7.12. The fourth-order valence-electron chi connectivity index (χ4n) is 2.64. The van der Waals surface area contributed by atoms with E-state index in [1.54, 1.807) is 7.11 Å². The SMILES string of the molecule is COc1ccc(-c2ccc(C(O)Cc3ccccc3)cc2)cc1. The molecule has 2 nitrogen and oxygen atoms in total. The Morgan fingerprint density at radius 2 is 1.35 bits per heavy atom. The molecule has 0 saturated carbocycles. The Kier molecular flexibility index (Phi) is 4.74. The van der Waals surface area contributed by atoms with E-state index in [4.69, 9.17) is 4.74 Å². The number of hydrogen-bond donors (Lipinski definition) is 1. The highest BCUT2D eigenvalue weighted by Gasteiger charge is 2.08. The van der Waals surface area contributed by atoms with Gasteiger partial charge < -0.3 is 9.84 Å². The number of rotatable bonds is 5. The summed E-state index contributed by atoms with van der Waals surface area (Å²) < 4.78 is 5.18. The van der Waals surface area contributed by atoms with Crippen molar-refractivity contribution in [1.82, 2.24) is 0 Å². The Balaban J connectivity index is 1.73. The van der Waals surface area contributed by atoms with Gasteiger partial charge in [-0.1, -0.05) is 66.7 Å². The van der Waals surface area contributed by atoms with Crippen molar-refractivity contribution in [3.05, 3.63) is 90.0 Å². The van der Waals surface area contributed by atoms with Gasteiger partial charge in [-0.2, -0.15) is 0 Å². The van der Waals surface area contributed by atoms with E-state index in [2.05, 4.69) is 0 Å². The first kappa shape index (κ1) is 15.3. The molecule has 23 heavy (non-hydrogen) atoms. The van der Waals surface area contributed by atoms with Gasteiger partial charge in [-0.05, 0) is 34.4 Å². The first-order valence-electron chi connectivity index (χ1n) is 7.72. The number of methoxy groups -OCH3 is 1. The lowest BCUT2D eigenvalue weighted by Gasteiger charge is -2.12. The third-order valence-electron chi connectivity index (χ3n) is 3.99. The molecule has 0 fully saturated rings. The molecule has 1 unspecified atom stereocenters. The monoisotopic (exact) mass is 304 g/mol. The molecule has 0 heterocycles. The zero-order valence-corrected chi connectivity index (χ0v) is 13.1. The van der Waals surface area contributed by atoms with Crippen LogP contribution in [0.25, 0.3) is 11.1 Å². The Morgan fingerprint density at radius 3 is 1.91 bits per heavy atom. The summed E-state index contributed by atoms with van der Waals surface area (Å²) in [5.74, 6) is 0.851. The standard InChI is InChI=1S/C21H20O2/c1-23-20-13-11-18(12-14-20)17-7-9-19(10-8-17)21(22)15-16-5-3-2-4-6-16/h2-14,21-22H,15H2,1H3. The minimum Gasteiger partial charge on any atom is -0.497 e. The molecule has 3 aromatic rings. The van der Waals surface area contributed by atoms with Crippen molar-refractivity contribution < 1.29 is 9.84 Å². The molecule has 116 valence electrons. The summed E-state index contributed by atoms with van der Waals surface area (Å²) in [7, 11) is 1.66. The van der Waals surface area contributed by atoms with Crippen molar-refractivity contribution in [2.45, 2.75) is 12.5 Å². The molecule has 0 spiro atoms. The van der Waals surface area contributed by atoms with E-state index in [0.29, 0.717) is 6.42 Å². The predicted octanol–water partition coefficient (Wildman–Crippen LogP) is 4.64. The number of ether oxygens (including phenoxy) is 1. The average Bonchev–Trinajstić information content (AvgIpc) is 2.63. The Hall–Kier alpha value is -2.58. The van der Waals surface area contributed by atoms with Crippen LogP contribution in [0.15, 0.2) is 78.9 Å². The van der Waals surface area contributed by atoms with Crippen molar-refractivity contribution in [2.24, 2.45) is 0 Å². The molecule has 0 radical (unpaired) electrons. The maximum Gasteiger partial charge on any atom is 0.118 e. The smallest absolute Gasteiger partial charge is 0.118 e. The van der Waals surface area contributed by atoms with Crippen molar-refractivity contribution in [3.8, 4) is 16.9 Å². The van der Waals surface area contributed by atoms with Gasteiger partial charge in [0.2, 0.25) is 0 Å². The van der Waals surface area contributed by atoms with E-state index in [9.17, 15) is 5.11 Å². The molecule has 0 aliphatic rings. The molecule has 1 N–H and O–H groups in total. The van der Waals surface area contributed by atoms with Gasteiger partial charge in [0.15, 0.2) is 0 Å². The van der Waals surface area contributed by atoms with Crippen molar-refractivity contribution in [2.75, 3.05) is 7.11 Å². The third-order valence-corrected chi connectivity index (χ3v) is 3.99. The Labute approximate surface area is 137 Å². The van der Waals surface area contributed by atoms with Gasteiger partial charge in [0.25, 0.3) is 0 Å². The molecular weight excluding hydrogens is 284 g/mol. The highest BCUT2D eigenvalue weighted by molar-refractivity contribution is 5.64. The van der Waals surface area contributed by atoms with E-state index in [1.807, 2.05) is 78.9 Å². The van der Waals surface area contributed by atoms with E-state index in [1.165, 1.54) is 0 Å². The van der Waals surface area contributed by atoms with E-state index < -0.39 is 6.10 Å². The third kappa shape index (κ3) is 3.79. The predicted molar refractivity (Wildman–Crippen MR) is 93.5 cm³/mol. The molecule has 3 rings (SSSR count). The number of aliphatic hydroxyl groups excluding tert-OH is 1. The van der Waals surface area contributed by atoms with Crippen LogP contribution < -0.4 is 4.74 Å². The van der Waals surface area contributed by atoms with Crippen LogP contribution in [0, 0.1) is 0 Å². The van der Waals surface area contributed by atoms with Crippen LogP contribution in [0.5, 0.6) is 5.75 Å². The molecule has 0 aliphatic carbocycles. The topological polar surface area (TPSA) is 29.5 Å². The first-order chi connectivity index (χ1) is 11.3. The van der Waals surface area contributed by atoms with Crippen LogP contribution in [0.1, 0.15) is 17.2 Å². The van der Waals surface area contributed by atoms with Crippen LogP contribution in [-0.2, 0) is 6.42 Å².